The summed E-state index contributed by atoms with van der Waals surface area (Å²) < 4.78 is 2.02. The normalized spacial score (nSPS) is 17.0. The first-order chi connectivity index (χ1) is 12.7. The van der Waals surface area contributed by atoms with Gasteiger partial charge in [-0.1, -0.05) is 31.2 Å². The van der Waals surface area contributed by atoms with Crippen LogP contribution in [-0.4, -0.2) is 39.9 Å². The van der Waals surface area contributed by atoms with Crippen molar-refractivity contribution in [1.82, 2.24) is 25.4 Å². The lowest BCUT2D eigenvalue weighted by molar-refractivity contribution is 0.392. The van der Waals surface area contributed by atoms with E-state index in [1.165, 1.54) is 11.1 Å². The molecule has 2 N–H and O–H groups in total. The number of aryl methyl sites for hydroxylation is 3. The molecule has 0 radical (unpaired) electrons. The highest BCUT2D eigenvalue weighted by Crippen LogP contribution is 2.12. The number of aromatic nitrogens is 3. The van der Waals surface area contributed by atoms with E-state index >= 15 is 0 Å². The van der Waals surface area contributed by atoms with Crippen molar-refractivity contribution < 1.29 is 0 Å². The average molecular weight is 355 g/mol. The molecule has 140 valence electrons. The van der Waals surface area contributed by atoms with Crippen molar-refractivity contribution >= 4 is 5.96 Å². The molecule has 0 spiro atoms. The Morgan fingerprint density at radius 2 is 2.00 bits per heavy atom. The molecule has 1 aliphatic heterocycles. The highest BCUT2D eigenvalue weighted by atomic mass is 15.4. The third-order valence-corrected chi connectivity index (χ3v) is 4.75. The van der Waals surface area contributed by atoms with Crippen LogP contribution in [-0.2, 0) is 25.8 Å². The second-order valence-electron chi connectivity index (χ2n) is 6.82. The molecule has 1 aromatic carbocycles. The van der Waals surface area contributed by atoms with Crippen LogP contribution < -0.4 is 10.6 Å². The van der Waals surface area contributed by atoms with Gasteiger partial charge in [0.05, 0.1) is 6.54 Å². The number of nitrogens with one attached hydrogen (secondary N) is 2. The van der Waals surface area contributed by atoms with Gasteiger partial charge in [-0.2, -0.15) is 5.10 Å². The van der Waals surface area contributed by atoms with Crippen molar-refractivity contribution in [2.24, 2.45) is 4.99 Å². The summed E-state index contributed by atoms with van der Waals surface area (Å²) >= 11 is 0. The number of hydrogen-bond acceptors (Lipinski definition) is 3. The van der Waals surface area contributed by atoms with Gasteiger partial charge in [0, 0.05) is 25.6 Å². The average Bonchev–Trinajstić information content (AvgIpc) is 3.02. The molecule has 0 saturated carbocycles. The quantitative estimate of drug-likeness (QED) is 0.617. The number of fused-ring (bicyclic) bond motifs is 1. The zero-order chi connectivity index (χ0) is 18.4. The van der Waals surface area contributed by atoms with Gasteiger partial charge in [0.1, 0.15) is 11.6 Å². The standard InChI is InChI=1S/C20H30N6/c1-4-16-6-8-17(9-7-16)12-13-22-20(21-5-2)24-18-10-11-19-23-15(3)25-26(19)14-18/h6-9,18H,4-5,10-14H2,1-3H3,(H2,21,22,24). The fourth-order valence-corrected chi connectivity index (χ4v) is 3.30. The van der Waals surface area contributed by atoms with Gasteiger partial charge in [0.25, 0.3) is 0 Å². The van der Waals surface area contributed by atoms with Crippen molar-refractivity contribution in [2.75, 3.05) is 13.1 Å². The van der Waals surface area contributed by atoms with Crippen LogP contribution in [0.1, 0.15) is 43.0 Å². The molecule has 0 saturated heterocycles. The lowest BCUT2D eigenvalue weighted by atomic mass is 10.1. The van der Waals surface area contributed by atoms with Gasteiger partial charge in [-0.25, -0.2) is 9.67 Å². The highest BCUT2D eigenvalue weighted by molar-refractivity contribution is 5.80. The Bertz CT molecular complexity index is 731. The third-order valence-electron chi connectivity index (χ3n) is 4.75. The molecule has 6 heteroatoms. The second-order valence-corrected chi connectivity index (χ2v) is 6.82. The lowest BCUT2D eigenvalue weighted by Gasteiger charge is -2.25. The van der Waals surface area contributed by atoms with Gasteiger partial charge in [0.15, 0.2) is 5.96 Å². The first-order valence-corrected chi connectivity index (χ1v) is 9.71. The van der Waals surface area contributed by atoms with Gasteiger partial charge in [0.2, 0.25) is 0 Å². The van der Waals surface area contributed by atoms with E-state index in [9.17, 15) is 0 Å². The molecule has 1 aliphatic rings. The van der Waals surface area contributed by atoms with Crippen LogP contribution in [0, 0.1) is 6.92 Å². The van der Waals surface area contributed by atoms with E-state index in [2.05, 4.69) is 58.8 Å². The smallest absolute Gasteiger partial charge is 0.191 e. The predicted octanol–water partition coefficient (Wildman–Crippen LogP) is 2.26. The first kappa shape index (κ1) is 18.4. The zero-order valence-corrected chi connectivity index (χ0v) is 16.1. The zero-order valence-electron chi connectivity index (χ0n) is 16.1. The second kappa shape index (κ2) is 8.83. The number of hydrogen-bond donors (Lipinski definition) is 2. The third kappa shape index (κ3) is 4.84. The fraction of sp³-hybridized carbons (Fsp3) is 0.550. The van der Waals surface area contributed by atoms with Crippen molar-refractivity contribution in [3.63, 3.8) is 0 Å². The molecule has 0 bridgehead atoms. The van der Waals surface area contributed by atoms with Gasteiger partial charge >= 0.3 is 0 Å². The monoisotopic (exact) mass is 354 g/mol. The Morgan fingerprint density at radius 3 is 2.73 bits per heavy atom. The fourth-order valence-electron chi connectivity index (χ4n) is 3.30. The Labute approximate surface area is 156 Å². The van der Waals surface area contributed by atoms with E-state index in [0.717, 1.165) is 62.9 Å². The maximum Gasteiger partial charge on any atom is 0.191 e. The molecule has 0 fully saturated rings. The van der Waals surface area contributed by atoms with Crippen LogP contribution in [0.15, 0.2) is 29.3 Å². The maximum absolute atomic E-state index is 4.76. The minimum Gasteiger partial charge on any atom is -0.357 e. The molecular weight excluding hydrogens is 324 g/mol. The summed E-state index contributed by atoms with van der Waals surface area (Å²) in [4.78, 5) is 9.23. The van der Waals surface area contributed by atoms with E-state index < -0.39 is 0 Å². The molecule has 1 aromatic heterocycles. The number of rotatable bonds is 6. The van der Waals surface area contributed by atoms with Crippen LogP contribution in [0.5, 0.6) is 0 Å². The van der Waals surface area contributed by atoms with Crippen LogP contribution in [0.2, 0.25) is 0 Å². The summed E-state index contributed by atoms with van der Waals surface area (Å²) in [5, 5.41) is 11.4. The number of nitrogens with zero attached hydrogens (tertiary/aromatic N) is 4. The summed E-state index contributed by atoms with van der Waals surface area (Å²) in [5.74, 6) is 2.84. The first-order valence-electron chi connectivity index (χ1n) is 9.71. The number of aliphatic imine (C=N–C) groups is 1. The van der Waals surface area contributed by atoms with E-state index in [1.807, 2.05) is 11.6 Å². The molecule has 3 rings (SSSR count). The summed E-state index contributed by atoms with van der Waals surface area (Å²) in [6.07, 6.45) is 4.06. The van der Waals surface area contributed by atoms with Crippen LogP contribution in [0.4, 0.5) is 0 Å². The van der Waals surface area contributed by atoms with E-state index in [4.69, 9.17) is 4.99 Å². The van der Waals surface area contributed by atoms with Crippen molar-refractivity contribution in [2.45, 2.75) is 59.0 Å². The number of guanidine groups is 1. The molecule has 1 atom stereocenters. The minimum absolute atomic E-state index is 0.338. The van der Waals surface area contributed by atoms with Crippen LogP contribution in [0.25, 0.3) is 0 Å². The van der Waals surface area contributed by atoms with Crippen molar-refractivity contribution in [1.29, 1.82) is 0 Å². The Hall–Kier alpha value is -2.37. The van der Waals surface area contributed by atoms with Gasteiger partial charge in [-0.15, -0.1) is 0 Å². The SMILES string of the molecule is CCNC(=NCCc1ccc(CC)cc1)NC1CCc2nc(C)nn2C1. The molecule has 1 unspecified atom stereocenters. The Balaban J connectivity index is 1.55. The predicted molar refractivity (Wildman–Crippen MR) is 106 cm³/mol. The van der Waals surface area contributed by atoms with E-state index in [0.29, 0.717) is 6.04 Å². The van der Waals surface area contributed by atoms with Crippen LogP contribution >= 0.6 is 0 Å². The maximum atomic E-state index is 4.76. The Morgan fingerprint density at radius 1 is 1.23 bits per heavy atom. The highest BCUT2D eigenvalue weighted by Gasteiger charge is 2.21. The van der Waals surface area contributed by atoms with Gasteiger partial charge in [-0.05, 0) is 44.2 Å². The van der Waals surface area contributed by atoms with Crippen LogP contribution in [0.3, 0.4) is 0 Å². The molecule has 2 heterocycles. The van der Waals surface area contributed by atoms with Gasteiger partial charge in [-0.3, -0.25) is 4.99 Å². The number of benzene rings is 1. The molecule has 0 amide bonds. The topological polar surface area (TPSA) is 67.1 Å². The van der Waals surface area contributed by atoms with Crippen molar-refractivity contribution in [3.8, 4) is 0 Å². The van der Waals surface area contributed by atoms with Crippen molar-refractivity contribution in [3.05, 3.63) is 47.0 Å². The largest absolute Gasteiger partial charge is 0.357 e. The summed E-state index contributed by atoms with van der Waals surface area (Å²) in [6, 6.07) is 9.18. The molecular formula is C20H30N6. The summed E-state index contributed by atoms with van der Waals surface area (Å²) in [5.41, 5.74) is 2.72. The lowest BCUT2D eigenvalue weighted by Crippen LogP contribution is -2.47. The summed E-state index contributed by atoms with van der Waals surface area (Å²) in [6.45, 7) is 8.72. The Kier molecular flexibility index (Phi) is 6.26. The molecule has 0 aliphatic carbocycles. The van der Waals surface area contributed by atoms with E-state index in [1.54, 1.807) is 0 Å². The van der Waals surface area contributed by atoms with E-state index in [-0.39, 0.29) is 0 Å². The molecule has 2 aromatic rings. The molecule has 26 heavy (non-hydrogen) atoms. The van der Waals surface area contributed by atoms with Gasteiger partial charge < -0.3 is 10.6 Å². The minimum atomic E-state index is 0.338. The summed E-state index contributed by atoms with van der Waals surface area (Å²) in [7, 11) is 0. The molecule has 6 nitrogen and oxygen atoms in total.